The van der Waals surface area contributed by atoms with Gasteiger partial charge in [-0.3, -0.25) is 0 Å². The maximum atomic E-state index is 10.7. The molecule has 0 amide bonds. The number of carbonyl (C=O) groups is 1. The zero-order chi connectivity index (χ0) is 9.30. The molecule has 0 N–H and O–H groups in total. The van der Waals surface area contributed by atoms with Crippen molar-refractivity contribution in [1.82, 2.24) is 0 Å². The molecule has 6 nitrogen and oxygen atoms in total. The molecule has 0 saturated carbocycles. The summed E-state index contributed by atoms with van der Waals surface area (Å²) in [4.78, 5) is 10.4. The SMILES string of the molecule is O=C1O[C@H]([C@@H]([O-])C[O-])C([O-])=C1[O-].[Ca+2].[Sr+2]. The van der Waals surface area contributed by atoms with Crippen molar-refractivity contribution in [1.29, 1.82) is 0 Å². The molecule has 1 aliphatic rings. The Kier molecular flexibility index (Phi) is 9.81. The normalized spacial score (nSPS) is 22.1. The van der Waals surface area contributed by atoms with E-state index in [1.54, 1.807) is 0 Å². The smallest absolute Gasteiger partial charge is 0.873 e. The molecule has 68 valence electrons. The van der Waals surface area contributed by atoms with Crippen molar-refractivity contribution in [3.8, 4) is 0 Å². The molecule has 1 aliphatic heterocycles. The number of cyclic esters (lactones) is 1. The van der Waals surface area contributed by atoms with Crippen LogP contribution in [0.2, 0.25) is 0 Å². The predicted molar refractivity (Wildman–Crippen MR) is 37.1 cm³/mol. The molecule has 0 radical (unpaired) electrons. The molecule has 0 fully saturated rings. The zero-order valence-corrected chi connectivity index (χ0v) is 12.9. The van der Waals surface area contributed by atoms with Crippen molar-refractivity contribution in [2.24, 2.45) is 0 Å². The number of hydrogen-bond donors (Lipinski definition) is 0. The number of ether oxygens (including phenoxy) is 1. The Balaban J connectivity index is 0. The van der Waals surface area contributed by atoms with E-state index in [1.165, 1.54) is 0 Å². The van der Waals surface area contributed by atoms with Crippen molar-refractivity contribution in [3.05, 3.63) is 11.5 Å². The molecule has 0 spiro atoms. The molecule has 2 atom stereocenters. The maximum absolute atomic E-state index is 10.7. The minimum absolute atomic E-state index is 0. The molecule has 1 heterocycles. The van der Waals surface area contributed by atoms with Gasteiger partial charge in [-0.15, -0.1) is 12.7 Å². The van der Waals surface area contributed by atoms with Gasteiger partial charge in [0.05, 0.1) is 6.10 Å². The Bertz CT molecular complexity index is 242. The van der Waals surface area contributed by atoms with Crippen molar-refractivity contribution < 1.29 is 30.0 Å². The summed E-state index contributed by atoms with van der Waals surface area (Å²) in [6.45, 7) is -1.10. The number of carbonyl (C=O) groups excluding carboxylic acids is 1. The van der Waals surface area contributed by atoms with Gasteiger partial charge >= 0.3 is 89.2 Å². The van der Waals surface area contributed by atoms with Crippen LogP contribution in [0.25, 0.3) is 0 Å². The number of esters is 1. The summed E-state index contributed by atoms with van der Waals surface area (Å²) in [6, 6.07) is 0. The third kappa shape index (κ3) is 3.80. The van der Waals surface area contributed by atoms with Crippen LogP contribution in [0.3, 0.4) is 0 Å². The Morgan fingerprint density at radius 1 is 1.43 bits per heavy atom. The monoisotopic (exact) mass is 300 g/mol. The molecule has 0 aromatic rings. The molecule has 14 heavy (non-hydrogen) atoms. The summed E-state index contributed by atoms with van der Waals surface area (Å²) < 4.78 is 4.09. The van der Waals surface area contributed by atoms with E-state index in [1.807, 2.05) is 0 Å². The van der Waals surface area contributed by atoms with E-state index in [0.29, 0.717) is 0 Å². The second-order valence-corrected chi connectivity index (χ2v) is 2.22. The Labute approximate surface area is 147 Å². The van der Waals surface area contributed by atoms with E-state index < -0.39 is 36.3 Å². The molecule has 0 aromatic heterocycles. The summed E-state index contributed by atoms with van der Waals surface area (Å²) in [7, 11) is 0. The molecule has 0 aromatic carbocycles. The molecule has 0 bridgehead atoms. The number of rotatable bonds is 2. The van der Waals surface area contributed by atoms with Gasteiger partial charge in [0, 0.05) is 0 Å². The predicted octanol–water partition coefficient (Wildman–Crippen LogP) is -5.83. The quantitative estimate of drug-likeness (QED) is 0.370. The molecule has 0 saturated heterocycles. The van der Waals surface area contributed by atoms with E-state index in [0.717, 1.165) is 0 Å². The van der Waals surface area contributed by atoms with Crippen LogP contribution >= 0.6 is 0 Å². The minimum atomic E-state index is -1.88. The minimum Gasteiger partial charge on any atom is -0.873 e. The molecular weight excluding hydrogens is 296 g/mol. The first-order chi connectivity index (χ1) is 5.57. The fourth-order valence-electron chi connectivity index (χ4n) is 0.784. The van der Waals surface area contributed by atoms with E-state index in [4.69, 9.17) is 0 Å². The third-order valence-electron chi connectivity index (χ3n) is 1.40. The van der Waals surface area contributed by atoms with Gasteiger partial charge in [-0.05, 0) is 5.76 Å². The van der Waals surface area contributed by atoms with Gasteiger partial charge in [-0.1, -0.05) is 5.76 Å². The van der Waals surface area contributed by atoms with Gasteiger partial charge in [0.25, 0.3) is 0 Å². The maximum Gasteiger partial charge on any atom is 2.00 e. The van der Waals surface area contributed by atoms with Gasteiger partial charge in [0.1, 0.15) is 0 Å². The first-order valence-electron chi connectivity index (χ1n) is 3.11. The Hall–Kier alpha value is 1.47. The van der Waals surface area contributed by atoms with Crippen LogP contribution in [0.1, 0.15) is 0 Å². The second kappa shape index (κ2) is 7.70. The second-order valence-electron chi connectivity index (χ2n) is 2.22. The topological polar surface area (TPSA) is 119 Å². The summed E-state index contributed by atoms with van der Waals surface area (Å²) >= 11 is 0. The van der Waals surface area contributed by atoms with Crippen molar-refractivity contribution in [2.45, 2.75) is 12.2 Å². The molecule has 8 heteroatoms. The fourth-order valence-corrected chi connectivity index (χ4v) is 0.784. The van der Waals surface area contributed by atoms with Crippen LogP contribution in [0, 0.1) is 0 Å². The number of hydrogen-bond acceptors (Lipinski definition) is 6. The van der Waals surface area contributed by atoms with E-state index in [-0.39, 0.29) is 83.2 Å². The summed E-state index contributed by atoms with van der Waals surface area (Å²) in [6.07, 6.45) is -3.59. The van der Waals surface area contributed by atoms with E-state index >= 15 is 0 Å². The van der Waals surface area contributed by atoms with Crippen molar-refractivity contribution in [3.63, 3.8) is 0 Å². The van der Waals surface area contributed by atoms with Gasteiger partial charge < -0.3 is 25.2 Å². The Morgan fingerprint density at radius 2 is 1.93 bits per heavy atom. The zero-order valence-electron chi connectivity index (χ0n) is 7.23. The van der Waals surface area contributed by atoms with Crippen LogP contribution in [-0.2, 0) is 9.53 Å². The third-order valence-corrected chi connectivity index (χ3v) is 1.40. The molecular formula is C6H4CaO6Sr. The average molecular weight is 300 g/mol. The molecule has 0 unspecified atom stereocenters. The summed E-state index contributed by atoms with van der Waals surface area (Å²) in [5, 5.41) is 41.8. The summed E-state index contributed by atoms with van der Waals surface area (Å²) in [5.41, 5.74) is 0. The van der Waals surface area contributed by atoms with Crippen LogP contribution in [0.15, 0.2) is 11.5 Å². The first kappa shape index (κ1) is 17.9. The van der Waals surface area contributed by atoms with E-state index in [9.17, 15) is 25.2 Å². The standard InChI is InChI=1S/C6H6O6.Ca.Sr/c7-1-2(8)5-3(9)4(10)6(11)12-5;;/h2,5,9-10H,1H2;;/q-2;2*+2/p-2/t2-,5+;;/m0../s1. The van der Waals surface area contributed by atoms with Crippen molar-refractivity contribution in [2.75, 3.05) is 6.61 Å². The van der Waals surface area contributed by atoms with Crippen LogP contribution in [0.4, 0.5) is 0 Å². The average Bonchev–Trinajstić information content (AvgIpc) is 2.32. The largest absolute Gasteiger partial charge is 2.00 e. The fraction of sp³-hybridized carbons (Fsp3) is 0.500. The molecule has 1 rings (SSSR count). The Morgan fingerprint density at radius 3 is 2.21 bits per heavy atom. The van der Waals surface area contributed by atoms with Gasteiger partial charge in [-0.25, -0.2) is 4.79 Å². The van der Waals surface area contributed by atoms with Crippen LogP contribution in [-0.4, -0.2) is 108 Å². The van der Waals surface area contributed by atoms with Gasteiger partial charge in [-0.2, -0.15) is 0 Å². The van der Waals surface area contributed by atoms with Crippen LogP contribution in [0.5, 0.6) is 0 Å². The summed E-state index contributed by atoms with van der Waals surface area (Å²) in [5.74, 6) is -3.91. The first-order valence-corrected chi connectivity index (χ1v) is 3.11. The van der Waals surface area contributed by atoms with Gasteiger partial charge in [0.2, 0.25) is 0 Å². The van der Waals surface area contributed by atoms with Gasteiger partial charge in [0.15, 0.2) is 0 Å². The van der Waals surface area contributed by atoms with Crippen molar-refractivity contribution >= 4 is 89.2 Å². The molecule has 0 aliphatic carbocycles. The van der Waals surface area contributed by atoms with E-state index in [2.05, 4.69) is 4.74 Å². The van der Waals surface area contributed by atoms with Crippen LogP contribution < -0.4 is 20.4 Å².